The Morgan fingerprint density at radius 2 is 1.86 bits per heavy atom. The van der Waals surface area contributed by atoms with E-state index in [1.807, 2.05) is 11.0 Å². The van der Waals surface area contributed by atoms with Crippen LogP contribution in [0, 0.1) is 23.2 Å². The topological polar surface area (TPSA) is 92.0 Å². The van der Waals surface area contributed by atoms with E-state index in [-0.39, 0.29) is 35.1 Å². The molecule has 7 atom stereocenters. The Kier molecular flexibility index (Phi) is 7.51. The van der Waals surface area contributed by atoms with Gasteiger partial charge in [-0.05, 0) is 93.1 Å². The van der Waals surface area contributed by atoms with Crippen molar-refractivity contribution in [3.63, 3.8) is 0 Å². The molecule has 1 aromatic heterocycles. The van der Waals surface area contributed by atoms with Crippen LogP contribution in [0.5, 0.6) is 0 Å². The normalized spacial score (nSPS) is 39.6. The first kappa shape index (κ1) is 25.8. The van der Waals surface area contributed by atoms with Crippen molar-refractivity contribution in [3.05, 3.63) is 34.4 Å². The Labute approximate surface area is 215 Å². The molecule has 1 aliphatic heterocycles. The number of amides is 1. The summed E-state index contributed by atoms with van der Waals surface area (Å²) < 4.78 is 11.2. The summed E-state index contributed by atoms with van der Waals surface area (Å²) in [4.78, 5) is 26.1. The monoisotopic (exact) mass is 500 g/mol. The fourth-order valence-corrected chi connectivity index (χ4v) is 8.25. The van der Waals surface area contributed by atoms with Crippen LogP contribution in [0.2, 0.25) is 0 Å². The standard InChI is InChI=1S/C29H44N2O5/c1-20-7-9-22(36-27(33)31-17-15-30-16-18-31)5-3-4-6-25-23(20)11-13-28(2)24(12-14-29(25,28)34)21-8-10-26(32)35-19-21/h8,10,19-20,22-25,30,34H,3-7,9,11-18H2,1-2H3. The van der Waals surface area contributed by atoms with Gasteiger partial charge in [0.25, 0.3) is 0 Å². The lowest BCUT2D eigenvalue weighted by molar-refractivity contribution is -0.162. The van der Waals surface area contributed by atoms with E-state index in [1.54, 1.807) is 6.26 Å². The molecule has 7 nitrogen and oxygen atoms in total. The van der Waals surface area contributed by atoms with Crippen LogP contribution < -0.4 is 10.9 Å². The molecular weight excluding hydrogens is 456 g/mol. The number of aliphatic hydroxyl groups is 1. The Balaban J connectivity index is 1.28. The van der Waals surface area contributed by atoms with E-state index in [9.17, 15) is 14.7 Å². The van der Waals surface area contributed by atoms with E-state index in [0.717, 1.165) is 96.0 Å². The minimum absolute atomic E-state index is 0.00748. The van der Waals surface area contributed by atoms with Gasteiger partial charge in [0.05, 0.1) is 11.9 Å². The van der Waals surface area contributed by atoms with Crippen molar-refractivity contribution in [1.29, 1.82) is 0 Å². The van der Waals surface area contributed by atoms with Gasteiger partial charge in [-0.1, -0.05) is 20.3 Å². The second-order valence-corrected chi connectivity index (χ2v) is 12.2. The van der Waals surface area contributed by atoms with Gasteiger partial charge in [0, 0.05) is 37.7 Å². The van der Waals surface area contributed by atoms with Crippen LogP contribution in [0.1, 0.15) is 89.5 Å². The maximum absolute atomic E-state index is 12.7. The van der Waals surface area contributed by atoms with Crippen molar-refractivity contribution >= 4 is 6.09 Å². The fourth-order valence-electron chi connectivity index (χ4n) is 8.25. The summed E-state index contributed by atoms with van der Waals surface area (Å²) in [7, 11) is 0. The molecule has 1 saturated heterocycles. The molecule has 7 heteroatoms. The molecule has 1 aromatic rings. The lowest BCUT2D eigenvalue weighted by Crippen LogP contribution is -2.57. The third-order valence-electron chi connectivity index (χ3n) is 10.4. The molecule has 2 heterocycles. The van der Waals surface area contributed by atoms with Crippen molar-refractivity contribution in [2.24, 2.45) is 23.2 Å². The average molecular weight is 501 g/mol. The molecule has 3 saturated carbocycles. The minimum atomic E-state index is -0.696. The van der Waals surface area contributed by atoms with Gasteiger partial charge in [-0.3, -0.25) is 0 Å². The molecule has 0 radical (unpaired) electrons. The van der Waals surface area contributed by atoms with Crippen LogP contribution in [-0.2, 0) is 4.74 Å². The number of piperazine rings is 1. The van der Waals surface area contributed by atoms with Gasteiger partial charge < -0.3 is 24.5 Å². The van der Waals surface area contributed by atoms with Crippen LogP contribution >= 0.6 is 0 Å². The van der Waals surface area contributed by atoms with Crippen LogP contribution in [0.4, 0.5) is 4.79 Å². The molecule has 0 spiro atoms. The predicted molar refractivity (Wildman–Crippen MR) is 138 cm³/mol. The third-order valence-corrected chi connectivity index (χ3v) is 10.4. The van der Waals surface area contributed by atoms with Crippen LogP contribution in [0.25, 0.3) is 0 Å². The zero-order valence-electron chi connectivity index (χ0n) is 22.0. The van der Waals surface area contributed by atoms with Crippen molar-refractivity contribution in [1.82, 2.24) is 10.2 Å². The van der Waals surface area contributed by atoms with Gasteiger partial charge in [0.2, 0.25) is 0 Å². The summed E-state index contributed by atoms with van der Waals surface area (Å²) in [6, 6.07) is 3.41. The van der Waals surface area contributed by atoms with Crippen LogP contribution in [-0.4, -0.2) is 54.0 Å². The molecule has 3 aliphatic carbocycles. The largest absolute Gasteiger partial charge is 0.446 e. The summed E-state index contributed by atoms with van der Waals surface area (Å²) in [6.07, 6.45) is 11.2. The molecule has 200 valence electrons. The molecule has 5 rings (SSSR count). The highest BCUT2D eigenvalue weighted by Crippen LogP contribution is 2.66. The SMILES string of the molecule is CC1CCC(OC(=O)N2CCNCC2)CCCCC2C1CCC1(C)C(c3ccc(=O)oc3)CCC21O. The summed E-state index contributed by atoms with van der Waals surface area (Å²) in [5.41, 5.74) is -0.176. The van der Waals surface area contributed by atoms with E-state index in [1.165, 1.54) is 6.07 Å². The van der Waals surface area contributed by atoms with E-state index in [0.29, 0.717) is 11.8 Å². The summed E-state index contributed by atoms with van der Waals surface area (Å²) >= 11 is 0. The zero-order valence-corrected chi connectivity index (χ0v) is 22.0. The Morgan fingerprint density at radius 3 is 2.61 bits per heavy atom. The second kappa shape index (κ2) is 10.5. The zero-order chi connectivity index (χ0) is 25.3. The molecule has 4 aliphatic rings. The molecule has 1 amide bonds. The highest BCUT2D eigenvalue weighted by molar-refractivity contribution is 5.68. The van der Waals surface area contributed by atoms with E-state index in [2.05, 4.69) is 19.2 Å². The van der Waals surface area contributed by atoms with Gasteiger partial charge in [0.15, 0.2) is 0 Å². The molecule has 36 heavy (non-hydrogen) atoms. The van der Waals surface area contributed by atoms with Crippen LogP contribution in [0.3, 0.4) is 0 Å². The number of carbonyl (C=O) groups excluding carboxylic acids is 1. The lowest BCUT2D eigenvalue weighted by atomic mass is 9.52. The van der Waals surface area contributed by atoms with Gasteiger partial charge in [0.1, 0.15) is 6.10 Å². The number of hydrogen-bond donors (Lipinski definition) is 2. The predicted octanol–water partition coefficient (Wildman–Crippen LogP) is 4.68. The Hall–Kier alpha value is -1.86. The number of ether oxygens (including phenoxy) is 1. The first-order valence-electron chi connectivity index (χ1n) is 14.3. The van der Waals surface area contributed by atoms with Crippen molar-refractivity contribution < 1.29 is 19.1 Å². The smallest absolute Gasteiger partial charge is 0.410 e. The first-order chi connectivity index (χ1) is 17.3. The van der Waals surface area contributed by atoms with E-state index >= 15 is 0 Å². The Bertz CT molecular complexity index is 954. The van der Waals surface area contributed by atoms with Gasteiger partial charge in [-0.2, -0.15) is 0 Å². The van der Waals surface area contributed by atoms with Gasteiger partial charge in [-0.15, -0.1) is 0 Å². The van der Waals surface area contributed by atoms with Crippen molar-refractivity contribution in [2.75, 3.05) is 26.2 Å². The van der Waals surface area contributed by atoms with Gasteiger partial charge >= 0.3 is 11.7 Å². The number of rotatable bonds is 2. The highest BCUT2D eigenvalue weighted by atomic mass is 16.6. The molecule has 7 unspecified atom stereocenters. The Morgan fingerprint density at radius 1 is 1.08 bits per heavy atom. The maximum Gasteiger partial charge on any atom is 0.410 e. The summed E-state index contributed by atoms with van der Waals surface area (Å²) in [5, 5.41) is 15.7. The molecule has 4 fully saturated rings. The highest BCUT2D eigenvalue weighted by Gasteiger charge is 2.63. The lowest BCUT2D eigenvalue weighted by Gasteiger charge is -2.56. The maximum atomic E-state index is 12.7. The summed E-state index contributed by atoms with van der Waals surface area (Å²) in [6.45, 7) is 7.74. The third kappa shape index (κ3) is 4.73. The first-order valence-corrected chi connectivity index (χ1v) is 14.3. The number of nitrogens with zero attached hydrogens (tertiary/aromatic N) is 1. The van der Waals surface area contributed by atoms with Crippen molar-refractivity contribution in [3.8, 4) is 0 Å². The number of fused-ring (bicyclic) bond motifs is 3. The summed E-state index contributed by atoms with van der Waals surface area (Å²) in [5.74, 6) is 1.47. The van der Waals surface area contributed by atoms with Crippen LogP contribution in [0.15, 0.2) is 27.6 Å². The van der Waals surface area contributed by atoms with E-state index in [4.69, 9.17) is 9.15 Å². The van der Waals surface area contributed by atoms with Gasteiger partial charge in [-0.25, -0.2) is 9.59 Å². The number of nitrogens with one attached hydrogen (secondary N) is 1. The van der Waals surface area contributed by atoms with Crippen molar-refractivity contribution in [2.45, 2.75) is 95.7 Å². The minimum Gasteiger partial charge on any atom is -0.446 e. The van der Waals surface area contributed by atoms with E-state index < -0.39 is 5.60 Å². The quantitative estimate of drug-likeness (QED) is 0.613. The fraction of sp³-hybridized carbons (Fsp3) is 0.793. The average Bonchev–Trinajstić information content (AvgIpc) is 3.16. The molecule has 0 aromatic carbocycles. The second-order valence-electron chi connectivity index (χ2n) is 12.2. The number of carbonyl (C=O) groups is 1. The molecule has 0 bridgehead atoms. The number of hydrogen-bond acceptors (Lipinski definition) is 6. The molecule has 2 N–H and O–H groups in total. The molecular formula is C29H44N2O5.